The Kier molecular flexibility index (Phi) is 4.93. The fourth-order valence-corrected chi connectivity index (χ4v) is 3.26. The van der Waals surface area contributed by atoms with Crippen LogP contribution in [0.1, 0.15) is 34.3 Å². The molecule has 4 rings (SSSR count). The monoisotopic (exact) mass is 358 g/mol. The molecule has 0 N–H and O–H groups in total. The molecule has 1 saturated carbocycles. The van der Waals surface area contributed by atoms with Crippen molar-refractivity contribution in [3.63, 3.8) is 0 Å². The SMILES string of the molecule is O=C(c1ccc(C#Cc2ccccc2)cc1)N1CCN(C(=O)C2CC2)CC1. The molecule has 1 aliphatic heterocycles. The van der Waals surface area contributed by atoms with Gasteiger partial charge in [0.1, 0.15) is 0 Å². The summed E-state index contributed by atoms with van der Waals surface area (Å²) in [5, 5.41) is 0. The molecular formula is C23H22N2O2. The third kappa shape index (κ3) is 4.20. The first-order valence-electron chi connectivity index (χ1n) is 9.46. The van der Waals surface area contributed by atoms with E-state index in [2.05, 4.69) is 11.8 Å². The molecule has 27 heavy (non-hydrogen) atoms. The van der Waals surface area contributed by atoms with Crippen LogP contribution < -0.4 is 0 Å². The van der Waals surface area contributed by atoms with Crippen molar-refractivity contribution in [2.75, 3.05) is 26.2 Å². The second kappa shape index (κ2) is 7.67. The largest absolute Gasteiger partial charge is 0.339 e. The van der Waals surface area contributed by atoms with Gasteiger partial charge in [-0.25, -0.2) is 0 Å². The number of hydrogen-bond acceptors (Lipinski definition) is 2. The third-order valence-corrected chi connectivity index (χ3v) is 5.06. The summed E-state index contributed by atoms with van der Waals surface area (Å²) in [5.41, 5.74) is 2.52. The van der Waals surface area contributed by atoms with Crippen LogP contribution in [0.2, 0.25) is 0 Å². The van der Waals surface area contributed by atoms with Crippen molar-refractivity contribution < 1.29 is 9.59 Å². The first kappa shape index (κ1) is 17.4. The summed E-state index contributed by atoms with van der Waals surface area (Å²) < 4.78 is 0. The van der Waals surface area contributed by atoms with Gasteiger partial charge in [-0.1, -0.05) is 30.0 Å². The van der Waals surface area contributed by atoms with Crippen LogP contribution in [0.5, 0.6) is 0 Å². The predicted octanol–water partition coefficient (Wildman–Crippen LogP) is 2.78. The van der Waals surface area contributed by atoms with E-state index in [1.807, 2.05) is 64.4 Å². The number of hydrogen-bond donors (Lipinski definition) is 0. The predicted molar refractivity (Wildman–Crippen MR) is 104 cm³/mol. The average molecular weight is 358 g/mol. The van der Waals surface area contributed by atoms with E-state index in [4.69, 9.17) is 0 Å². The third-order valence-electron chi connectivity index (χ3n) is 5.06. The molecule has 136 valence electrons. The molecule has 2 aromatic carbocycles. The van der Waals surface area contributed by atoms with E-state index in [0.29, 0.717) is 31.7 Å². The van der Waals surface area contributed by atoms with E-state index in [1.54, 1.807) is 0 Å². The first-order chi connectivity index (χ1) is 13.2. The van der Waals surface area contributed by atoms with Gasteiger partial charge in [-0.15, -0.1) is 0 Å². The molecule has 1 saturated heterocycles. The summed E-state index contributed by atoms with van der Waals surface area (Å²) in [5.74, 6) is 6.78. The van der Waals surface area contributed by atoms with Gasteiger partial charge < -0.3 is 9.80 Å². The van der Waals surface area contributed by atoms with Crippen LogP contribution in [0.25, 0.3) is 0 Å². The molecule has 4 heteroatoms. The van der Waals surface area contributed by atoms with E-state index >= 15 is 0 Å². The van der Waals surface area contributed by atoms with Gasteiger partial charge in [-0.3, -0.25) is 9.59 Å². The molecule has 0 atom stereocenters. The fraction of sp³-hybridized carbons (Fsp3) is 0.304. The zero-order chi connectivity index (χ0) is 18.6. The zero-order valence-corrected chi connectivity index (χ0v) is 15.2. The summed E-state index contributed by atoms with van der Waals surface area (Å²) in [6.45, 7) is 2.49. The highest BCUT2D eigenvalue weighted by atomic mass is 16.2. The molecule has 2 amide bonds. The molecular weight excluding hydrogens is 336 g/mol. The van der Waals surface area contributed by atoms with E-state index in [9.17, 15) is 9.59 Å². The van der Waals surface area contributed by atoms with Crippen LogP contribution in [0.15, 0.2) is 54.6 Å². The van der Waals surface area contributed by atoms with Crippen molar-refractivity contribution in [3.8, 4) is 11.8 Å². The van der Waals surface area contributed by atoms with Crippen LogP contribution in [-0.2, 0) is 4.79 Å². The minimum absolute atomic E-state index is 0.0242. The highest BCUT2D eigenvalue weighted by molar-refractivity contribution is 5.94. The van der Waals surface area contributed by atoms with E-state index in [-0.39, 0.29) is 17.7 Å². The Balaban J connectivity index is 1.35. The number of piperazine rings is 1. The molecule has 4 nitrogen and oxygen atoms in total. The Bertz CT molecular complexity index is 881. The van der Waals surface area contributed by atoms with Crippen molar-refractivity contribution in [1.29, 1.82) is 0 Å². The highest BCUT2D eigenvalue weighted by Gasteiger charge is 2.35. The first-order valence-corrected chi connectivity index (χ1v) is 9.46. The quantitative estimate of drug-likeness (QED) is 0.775. The van der Waals surface area contributed by atoms with Crippen LogP contribution in [-0.4, -0.2) is 47.8 Å². The number of amides is 2. The fourth-order valence-electron chi connectivity index (χ4n) is 3.26. The van der Waals surface area contributed by atoms with Crippen molar-refractivity contribution in [1.82, 2.24) is 9.80 Å². The van der Waals surface area contributed by atoms with Crippen LogP contribution in [0.3, 0.4) is 0 Å². The number of nitrogens with zero attached hydrogens (tertiary/aromatic N) is 2. The summed E-state index contributed by atoms with van der Waals surface area (Å²) in [6, 6.07) is 17.3. The maximum atomic E-state index is 12.7. The molecule has 1 aliphatic carbocycles. The van der Waals surface area contributed by atoms with Crippen LogP contribution >= 0.6 is 0 Å². The van der Waals surface area contributed by atoms with Gasteiger partial charge in [-0.2, -0.15) is 0 Å². The minimum atomic E-state index is 0.0242. The highest BCUT2D eigenvalue weighted by Crippen LogP contribution is 2.31. The molecule has 0 unspecified atom stereocenters. The van der Waals surface area contributed by atoms with Crippen LogP contribution in [0, 0.1) is 17.8 Å². The number of rotatable bonds is 2. The van der Waals surface area contributed by atoms with Gasteiger partial charge in [0.05, 0.1) is 0 Å². The molecule has 0 bridgehead atoms. The lowest BCUT2D eigenvalue weighted by atomic mass is 10.1. The minimum Gasteiger partial charge on any atom is -0.339 e. The molecule has 2 fully saturated rings. The summed E-state index contributed by atoms with van der Waals surface area (Å²) >= 11 is 0. The normalized spacial score (nSPS) is 16.4. The van der Waals surface area contributed by atoms with E-state index in [1.165, 1.54) is 0 Å². The Morgan fingerprint density at radius 3 is 1.89 bits per heavy atom. The van der Waals surface area contributed by atoms with Gasteiger partial charge in [0.25, 0.3) is 5.91 Å². The second-order valence-corrected chi connectivity index (χ2v) is 7.09. The Morgan fingerprint density at radius 1 is 0.741 bits per heavy atom. The van der Waals surface area contributed by atoms with Gasteiger partial charge in [0.15, 0.2) is 0 Å². The number of carbonyl (C=O) groups excluding carboxylic acids is 2. The Hall–Kier alpha value is -3.06. The average Bonchev–Trinajstić information content (AvgIpc) is 3.58. The van der Waals surface area contributed by atoms with Crippen molar-refractivity contribution in [2.45, 2.75) is 12.8 Å². The van der Waals surface area contributed by atoms with Crippen LogP contribution in [0.4, 0.5) is 0 Å². The maximum absolute atomic E-state index is 12.7. The number of carbonyl (C=O) groups is 2. The lowest BCUT2D eigenvalue weighted by Gasteiger charge is -2.35. The van der Waals surface area contributed by atoms with Gasteiger partial charge >= 0.3 is 0 Å². The smallest absolute Gasteiger partial charge is 0.253 e. The second-order valence-electron chi connectivity index (χ2n) is 7.09. The standard InChI is InChI=1S/C23H22N2O2/c26-22(24-14-16-25(17-15-24)23(27)21-12-13-21)20-10-8-19(9-11-20)7-6-18-4-2-1-3-5-18/h1-5,8-11,21H,12-17H2. The Labute approximate surface area is 159 Å². The molecule has 0 radical (unpaired) electrons. The van der Waals surface area contributed by atoms with Gasteiger partial charge in [0, 0.05) is 48.8 Å². The zero-order valence-electron chi connectivity index (χ0n) is 15.2. The maximum Gasteiger partial charge on any atom is 0.253 e. The topological polar surface area (TPSA) is 40.6 Å². The molecule has 2 aromatic rings. The summed E-state index contributed by atoms with van der Waals surface area (Å²) in [7, 11) is 0. The molecule has 2 aliphatic rings. The molecule has 0 spiro atoms. The Morgan fingerprint density at radius 2 is 1.30 bits per heavy atom. The lowest BCUT2D eigenvalue weighted by molar-refractivity contribution is -0.134. The summed E-state index contributed by atoms with van der Waals surface area (Å²) in [6.07, 6.45) is 2.05. The van der Waals surface area contributed by atoms with Crippen molar-refractivity contribution in [2.24, 2.45) is 5.92 Å². The van der Waals surface area contributed by atoms with E-state index < -0.39 is 0 Å². The van der Waals surface area contributed by atoms with Gasteiger partial charge in [-0.05, 0) is 49.2 Å². The lowest BCUT2D eigenvalue weighted by Crippen LogP contribution is -2.51. The molecule has 0 aromatic heterocycles. The summed E-state index contributed by atoms with van der Waals surface area (Å²) in [4.78, 5) is 28.6. The van der Waals surface area contributed by atoms with Crippen molar-refractivity contribution in [3.05, 3.63) is 71.3 Å². The number of benzene rings is 2. The van der Waals surface area contributed by atoms with Gasteiger partial charge in [0.2, 0.25) is 5.91 Å². The van der Waals surface area contributed by atoms with Crippen molar-refractivity contribution >= 4 is 11.8 Å². The molecule has 1 heterocycles. The van der Waals surface area contributed by atoms with E-state index in [0.717, 1.165) is 24.0 Å².